The molecule has 22 heavy (non-hydrogen) atoms. The minimum atomic E-state index is 0.822. The second-order valence-corrected chi connectivity index (χ2v) is 5.20. The minimum Gasteiger partial charge on any atom is -0.364 e. The van der Waals surface area contributed by atoms with Crippen LogP contribution < -0.4 is 9.47 Å². The molecular formula is C20H23N2+. The predicted molar refractivity (Wildman–Crippen MR) is 95.6 cm³/mol. The summed E-state index contributed by atoms with van der Waals surface area (Å²) in [6.07, 6.45) is 12.2. The molecule has 1 aromatic heterocycles. The molecule has 0 aliphatic rings. The van der Waals surface area contributed by atoms with Crippen molar-refractivity contribution < 1.29 is 4.57 Å². The van der Waals surface area contributed by atoms with Gasteiger partial charge in [0.25, 0.3) is 0 Å². The highest BCUT2D eigenvalue weighted by atomic mass is 15.1. The molecule has 1 aromatic carbocycles. The van der Waals surface area contributed by atoms with Crippen LogP contribution in [0.5, 0.6) is 0 Å². The smallest absolute Gasteiger partial charge is 0.169 e. The van der Waals surface area contributed by atoms with Crippen LogP contribution in [0.1, 0.15) is 11.1 Å². The van der Waals surface area contributed by atoms with Gasteiger partial charge in [-0.05, 0) is 23.3 Å². The van der Waals surface area contributed by atoms with Crippen LogP contribution in [0.3, 0.4) is 0 Å². The molecule has 2 rings (SSSR count). The van der Waals surface area contributed by atoms with Gasteiger partial charge in [-0.3, -0.25) is 0 Å². The molecule has 0 saturated heterocycles. The van der Waals surface area contributed by atoms with Gasteiger partial charge in [0.2, 0.25) is 0 Å². The number of pyridine rings is 1. The Hall–Kier alpha value is -2.61. The van der Waals surface area contributed by atoms with E-state index in [0.717, 1.165) is 13.1 Å². The molecule has 0 amide bonds. The van der Waals surface area contributed by atoms with Crippen molar-refractivity contribution in [2.24, 2.45) is 7.05 Å². The molecule has 0 N–H and O–H groups in total. The Bertz CT molecular complexity index is 626. The van der Waals surface area contributed by atoms with E-state index >= 15 is 0 Å². The Kier molecular flexibility index (Phi) is 5.73. The molecule has 1 heterocycles. The molecule has 0 fully saturated rings. The van der Waals surface area contributed by atoms with Crippen LogP contribution in [0.15, 0.2) is 74.1 Å². The summed E-state index contributed by atoms with van der Waals surface area (Å²) in [5.74, 6) is 0. The van der Waals surface area contributed by atoms with E-state index in [2.05, 4.69) is 66.6 Å². The topological polar surface area (TPSA) is 7.12 Å². The third-order valence-corrected chi connectivity index (χ3v) is 3.43. The van der Waals surface area contributed by atoms with E-state index in [0.29, 0.717) is 0 Å². The van der Waals surface area contributed by atoms with E-state index in [1.54, 1.807) is 0 Å². The molecule has 0 radical (unpaired) electrons. The van der Waals surface area contributed by atoms with Gasteiger partial charge in [0.1, 0.15) is 7.05 Å². The first-order valence-electron chi connectivity index (χ1n) is 7.43. The summed E-state index contributed by atoms with van der Waals surface area (Å²) in [4.78, 5) is 2.23. The van der Waals surface area contributed by atoms with Crippen molar-refractivity contribution in [3.63, 3.8) is 0 Å². The Morgan fingerprint density at radius 1 is 0.864 bits per heavy atom. The van der Waals surface area contributed by atoms with E-state index in [9.17, 15) is 0 Å². The zero-order valence-electron chi connectivity index (χ0n) is 13.2. The maximum absolute atomic E-state index is 3.81. The molecule has 112 valence electrons. The summed E-state index contributed by atoms with van der Waals surface area (Å²) in [6, 6.07) is 12.7. The van der Waals surface area contributed by atoms with E-state index < -0.39 is 0 Å². The number of aryl methyl sites for hydroxylation is 1. The van der Waals surface area contributed by atoms with Crippen molar-refractivity contribution in [1.82, 2.24) is 0 Å². The predicted octanol–water partition coefficient (Wildman–Crippen LogP) is 3.86. The van der Waals surface area contributed by atoms with Crippen molar-refractivity contribution in [3.8, 4) is 0 Å². The fourth-order valence-electron chi connectivity index (χ4n) is 2.21. The summed E-state index contributed by atoms with van der Waals surface area (Å²) in [5, 5.41) is 0. The Labute approximate surface area is 133 Å². The van der Waals surface area contributed by atoms with Crippen molar-refractivity contribution in [1.29, 1.82) is 0 Å². The lowest BCUT2D eigenvalue weighted by atomic mass is 10.1. The first-order chi connectivity index (χ1) is 10.7. The zero-order chi connectivity index (χ0) is 15.8. The summed E-state index contributed by atoms with van der Waals surface area (Å²) in [7, 11) is 2.02. The number of benzene rings is 1. The quantitative estimate of drug-likeness (QED) is 0.555. The largest absolute Gasteiger partial charge is 0.364 e. The highest BCUT2D eigenvalue weighted by molar-refractivity contribution is 5.70. The molecule has 0 unspecified atom stereocenters. The van der Waals surface area contributed by atoms with Crippen LogP contribution >= 0.6 is 0 Å². The Morgan fingerprint density at radius 3 is 1.86 bits per heavy atom. The highest BCUT2D eigenvalue weighted by Gasteiger charge is 2.01. The van der Waals surface area contributed by atoms with Crippen molar-refractivity contribution in [2.75, 3.05) is 18.0 Å². The number of hydrogen-bond acceptors (Lipinski definition) is 1. The number of anilines is 1. The molecule has 0 saturated carbocycles. The number of rotatable bonds is 7. The van der Waals surface area contributed by atoms with Gasteiger partial charge in [0, 0.05) is 30.9 Å². The third-order valence-electron chi connectivity index (χ3n) is 3.43. The van der Waals surface area contributed by atoms with E-state index in [-0.39, 0.29) is 0 Å². The molecule has 0 spiro atoms. The third kappa shape index (κ3) is 4.45. The number of hydrogen-bond donors (Lipinski definition) is 0. The first kappa shape index (κ1) is 15.8. The van der Waals surface area contributed by atoms with Crippen LogP contribution in [-0.2, 0) is 7.05 Å². The lowest BCUT2D eigenvalue weighted by molar-refractivity contribution is -0.671. The Balaban J connectivity index is 2.09. The van der Waals surface area contributed by atoms with E-state index in [1.165, 1.54) is 16.8 Å². The average Bonchev–Trinajstić information content (AvgIpc) is 2.55. The molecule has 0 atom stereocenters. The van der Waals surface area contributed by atoms with Gasteiger partial charge in [0.05, 0.1) is 0 Å². The fraction of sp³-hybridized carbons (Fsp3) is 0.150. The van der Waals surface area contributed by atoms with Gasteiger partial charge in [-0.2, -0.15) is 0 Å². The number of nitrogens with zero attached hydrogens (tertiary/aromatic N) is 2. The number of aromatic nitrogens is 1. The average molecular weight is 291 g/mol. The van der Waals surface area contributed by atoms with Gasteiger partial charge >= 0.3 is 0 Å². The van der Waals surface area contributed by atoms with Crippen LogP contribution in [0.2, 0.25) is 0 Å². The molecule has 0 bridgehead atoms. The van der Waals surface area contributed by atoms with E-state index in [1.807, 2.05) is 36.2 Å². The normalized spacial score (nSPS) is 10.6. The maximum atomic E-state index is 3.81. The molecular weight excluding hydrogens is 268 g/mol. The summed E-state index contributed by atoms with van der Waals surface area (Å²) < 4.78 is 2.03. The molecule has 0 aliphatic heterocycles. The van der Waals surface area contributed by atoms with Gasteiger partial charge < -0.3 is 4.90 Å². The SMILES string of the molecule is C=CCN(CC=C)c1ccc(C=Cc2cc[n+](C)cc2)cc1. The van der Waals surface area contributed by atoms with Crippen LogP contribution in [0.25, 0.3) is 12.2 Å². The summed E-state index contributed by atoms with van der Waals surface area (Å²) in [5.41, 5.74) is 3.57. The lowest BCUT2D eigenvalue weighted by Crippen LogP contribution is -2.25. The van der Waals surface area contributed by atoms with Crippen LogP contribution in [0, 0.1) is 0 Å². The zero-order valence-corrected chi connectivity index (χ0v) is 13.2. The van der Waals surface area contributed by atoms with Crippen molar-refractivity contribution in [3.05, 3.63) is 85.2 Å². The standard InChI is InChI=1S/C20H23N2/c1-4-14-22(15-5-2)20-10-8-18(9-11-20)6-7-19-12-16-21(3)17-13-19/h4-13,16-17H,1-2,14-15H2,3H3/q+1. The van der Waals surface area contributed by atoms with Gasteiger partial charge in [-0.15, -0.1) is 13.2 Å². The lowest BCUT2D eigenvalue weighted by Gasteiger charge is -2.21. The Morgan fingerprint density at radius 2 is 1.36 bits per heavy atom. The van der Waals surface area contributed by atoms with Crippen LogP contribution in [0.4, 0.5) is 5.69 Å². The van der Waals surface area contributed by atoms with Crippen LogP contribution in [-0.4, -0.2) is 13.1 Å². The highest BCUT2D eigenvalue weighted by Crippen LogP contribution is 2.16. The van der Waals surface area contributed by atoms with E-state index in [4.69, 9.17) is 0 Å². The van der Waals surface area contributed by atoms with Gasteiger partial charge in [-0.1, -0.05) is 36.4 Å². The monoisotopic (exact) mass is 291 g/mol. The summed E-state index contributed by atoms with van der Waals surface area (Å²) in [6.45, 7) is 9.26. The molecule has 0 aliphatic carbocycles. The second-order valence-electron chi connectivity index (χ2n) is 5.20. The molecule has 2 nitrogen and oxygen atoms in total. The maximum Gasteiger partial charge on any atom is 0.169 e. The molecule has 2 heteroatoms. The first-order valence-corrected chi connectivity index (χ1v) is 7.43. The summed E-state index contributed by atoms with van der Waals surface area (Å²) >= 11 is 0. The minimum absolute atomic E-state index is 0.822. The molecule has 2 aromatic rings. The van der Waals surface area contributed by atoms with Crippen molar-refractivity contribution >= 4 is 17.8 Å². The second kappa shape index (κ2) is 7.99. The van der Waals surface area contributed by atoms with Crippen molar-refractivity contribution in [2.45, 2.75) is 0 Å². The van der Waals surface area contributed by atoms with Gasteiger partial charge in [0.15, 0.2) is 12.4 Å². The van der Waals surface area contributed by atoms with Gasteiger partial charge in [-0.25, -0.2) is 4.57 Å². The fourth-order valence-corrected chi connectivity index (χ4v) is 2.21.